The van der Waals surface area contributed by atoms with Crippen molar-refractivity contribution in [1.29, 1.82) is 0 Å². The fraction of sp³-hybridized carbons (Fsp3) is 0.278. The fourth-order valence-corrected chi connectivity index (χ4v) is 2.47. The van der Waals surface area contributed by atoms with Crippen molar-refractivity contribution in [2.45, 2.75) is 19.0 Å². The van der Waals surface area contributed by atoms with Crippen molar-refractivity contribution >= 4 is 11.6 Å². The van der Waals surface area contributed by atoms with Crippen LogP contribution < -0.4 is 10.6 Å². The van der Waals surface area contributed by atoms with Crippen LogP contribution in [0.15, 0.2) is 48.5 Å². The molecule has 1 fully saturated rings. The molecule has 1 atom stereocenters. The van der Waals surface area contributed by atoms with Crippen molar-refractivity contribution in [3.8, 4) is 0 Å². The van der Waals surface area contributed by atoms with Gasteiger partial charge in [-0.3, -0.25) is 4.79 Å². The van der Waals surface area contributed by atoms with Crippen LogP contribution in [0.2, 0.25) is 0 Å². The molecule has 0 saturated carbocycles. The quantitative estimate of drug-likeness (QED) is 0.892. The summed E-state index contributed by atoms with van der Waals surface area (Å²) in [5.41, 5.74) is 2.26. The second-order valence-electron chi connectivity index (χ2n) is 5.60. The first-order chi connectivity index (χ1) is 11.2. The molecule has 1 saturated heterocycles. The summed E-state index contributed by atoms with van der Waals surface area (Å²) in [5, 5.41) is 6.17. The highest BCUT2D eigenvalue weighted by Gasteiger charge is 2.14. The van der Waals surface area contributed by atoms with Gasteiger partial charge in [0.15, 0.2) is 0 Å². The van der Waals surface area contributed by atoms with Gasteiger partial charge >= 0.3 is 0 Å². The summed E-state index contributed by atoms with van der Waals surface area (Å²) in [6.07, 6.45) is 1.04. The predicted molar refractivity (Wildman–Crippen MR) is 86.9 cm³/mol. The van der Waals surface area contributed by atoms with Crippen LogP contribution in [0.4, 0.5) is 10.1 Å². The Labute approximate surface area is 134 Å². The molecule has 0 aliphatic carbocycles. The molecule has 0 bridgehead atoms. The largest absolute Gasteiger partial charge is 0.380 e. The van der Waals surface area contributed by atoms with Crippen molar-refractivity contribution < 1.29 is 13.9 Å². The number of ether oxygens (including phenoxy) is 1. The SMILES string of the molecule is O=C(Nc1ccc(F)cc1)c1ccc(CNC2CCOC2)cc1. The summed E-state index contributed by atoms with van der Waals surface area (Å²) < 4.78 is 18.2. The molecule has 4 nitrogen and oxygen atoms in total. The van der Waals surface area contributed by atoms with E-state index in [4.69, 9.17) is 4.74 Å². The third-order valence-corrected chi connectivity index (χ3v) is 3.84. The number of benzene rings is 2. The first-order valence-electron chi connectivity index (χ1n) is 7.68. The summed E-state index contributed by atoms with van der Waals surface area (Å²) in [5.74, 6) is -0.534. The molecule has 1 amide bonds. The monoisotopic (exact) mass is 314 g/mol. The summed E-state index contributed by atoms with van der Waals surface area (Å²) in [6.45, 7) is 2.34. The molecule has 1 heterocycles. The summed E-state index contributed by atoms with van der Waals surface area (Å²) in [6, 6.07) is 13.6. The number of carbonyl (C=O) groups excluding carboxylic acids is 1. The Bertz CT molecular complexity index is 650. The van der Waals surface area contributed by atoms with E-state index in [1.165, 1.54) is 24.3 Å². The molecule has 1 aliphatic heterocycles. The minimum Gasteiger partial charge on any atom is -0.380 e. The Hall–Kier alpha value is -2.24. The van der Waals surface area contributed by atoms with Gasteiger partial charge in [0.1, 0.15) is 5.82 Å². The molecule has 1 unspecified atom stereocenters. The second-order valence-corrected chi connectivity index (χ2v) is 5.60. The second kappa shape index (κ2) is 7.35. The number of hydrogen-bond donors (Lipinski definition) is 2. The van der Waals surface area contributed by atoms with Crippen molar-refractivity contribution in [1.82, 2.24) is 5.32 Å². The first kappa shape index (κ1) is 15.6. The van der Waals surface area contributed by atoms with Crippen LogP contribution in [0.5, 0.6) is 0 Å². The van der Waals surface area contributed by atoms with Crippen molar-refractivity contribution in [3.05, 3.63) is 65.5 Å². The molecule has 23 heavy (non-hydrogen) atoms. The summed E-state index contributed by atoms with van der Waals surface area (Å²) >= 11 is 0. The summed E-state index contributed by atoms with van der Waals surface area (Å²) in [7, 11) is 0. The number of nitrogens with one attached hydrogen (secondary N) is 2. The van der Waals surface area contributed by atoms with Crippen LogP contribution in [0.3, 0.4) is 0 Å². The zero-order valence-corrected chi connectivity index (χ0v) is 12.7. The molecule has 2 aromatic carbocycles. The lowest BCUT2D eigenvalue weighted by atomic mass is 10.1. The van der Waals surface area contributed by atoms with Gasteiger partial charge in [0.05, 0.1) is 6.61 Å². The maximum Gasteiger partial charge on any atom is 0.255 e. The van der Waals surface area contributed by atoms with Gasteiger partial charge in [-0.05, 0) is 48.4 Å². The third kappa shape index (κ3) is 4.37. The Morgan fingerprint density at radius 1 is 1.13 bits per heavy atom. The van der Waals surface area contributed by atoms with Gasteiger partial charge in [-0.1, -0.05) is 12.1 Å². The van der Waals surface area contributed by atoms with Crippen LogP contribution in [-0.2, 0) is 11.3 Å². The molecule has 3 rings (SSSR count). The van der Waals surface area contributed by atoms with Gasteiger partial charge in [-0.15, -0.1) is 0 Å². The zero-order valence-electron chi connectivity index (χ0n) is 12.7. The van der Waals surface area contributed by atoms with Crippen LogP contribution in [0, 0.1) is 5.82 Å². The number of anilines is 1. The maximum atomic E-state index is 12.8. The predicted octanol–water partition coefficient (Wildman–Crippen LogP) is 2.96. The number of amides is 1. The lowest BCUT2D eigenvalue weighted by molar-refractivity contribution is 0.102. The lowest BCUT2D eigenvalue weighted by Gasteiger charge is -2.11. The molecule has 0 aromatic heterocycles. The van der Waals surface area contributed by atoms with Gasteiger partial charge in [-0.2, -0.15) is 0 Å². The Balaban J connectivity index is 1.55. The Morgan fingerprint density at radius 3 is 2.52 bits per heavy atom. The van der Waals surface area contributed by atoms with E-state index in [-0.39, 0.29) is 11.7 Å². The van der Waals surface area contributed by atoms with Gasteiger partial charge < -0.3 is 15.4 Å². The van der Waals surface area contributed by atoms with E-state index in [9.17, 15) is 9.18 Å². The first-order valence-corrected chi connectivity index (χ1v) is 7.68. The van der Waals surface area contributed by atoms with E-state index in [0.29, 0.717) is 17.3 Å². The van der Waals surface area contributed by atoms with Crippen LogP contribution in [-0.4, -0.2) is 25.2 Å². The maximum absolute atomic E-state index is 12.8. The Morgan fingerprint density at radius 2 is 1.87 bits per heavy atom. The smallest absolute Gasteiger partial charge is 0.255 e. The van der Waals surface area contributed by atoms with Gasteiger partial charge in [0.2, 0.25) is 0 Å². The highest BCUT2D eigenvalue weighted by molar-refractivity contribution is 6.04. The minimum absolute atomic E-state index is 0.208. The van der Waals surface area contributed by atoms with Gasteiger partial charge in [0, 0.05) is 30.4 Å². The zero-order chi connectivity index (χ0) is 16.1. The molecular formula is C18H19FN2O2. The molecule has 5 heteroatoms. The molecule has 1 aliphatic rings. The molecular weight excluding hydrogens is 295 g/mol. The normalized spacial score (nSPS) is 17.2. The highest BCUT2D eigenvalue weighted by atomic mass is 19.1. The number of hydrogen-bond acceptors (Lipinski definition) is 3. The van der Waals surface area contributed by atoms with E-state index in [2.05, 4.69) is 10.6 Å². The van der Waals surface area contributed by atoms with E-state index in [1.54, 1.807) is 12.1 Å². The topological polar surface area (TPSA) is 50.4 Å². The average Bonchev–Trinajstić information content (AvgIpc) is 3.09. The number of carbonyl (C=O) groups is 1. The van der Waals surface area contributed by atoms with E-state index >= 15 is 0 Å². The van der Waals surface area contributed by atoms with Crippen molar-refractivity contribution in [3.63, 3.8) is 0 Å². The molecule has 120 valence electrons. The van der Waals surface area contributed by atoms with Gasteiger partial charge in [-0.25, -0.2) is 4.39 Å². The minimum atomic E-state index is -0.326. The van der Waals surface area contributed by atoms with Crippen LogP contribution in [0.25, 0.3) is 0 Å². The van der Waals surface area contributed by atoms with Crippen molar-refractivity contribution in [2.75, 3.05) is 18.5 Å². The van der Waals surface area contributed by atoms with Crippen molar-refractivity contribution in [2.24, 2.45) is 0 Å². The molecule has 0 spiro atoms. The highest BCUT2D eigenvalue weighted by Crippen LogP contribution is 2.12. The lowest BCUT2D eigenvalue weighted by Crippen LogP contribution is -2.28. The standard InChI is InChI=1S/C18H19FN2O2/c19-15-5-7-16(8-6-15)21-18(22)14-3-1-13(2-4-14)11-20-17-9-10-23-12-17/h1-8,17,20H,9-12H2,(H,21,22). The average molecular weight is 314 g/mol. The van der Waals surface area contributed by atoms with Gasteiger partial charge in [0.25, 0.3) is 5.91 Å². The summed E-state index contributed by atoms with van der Waals surface area (Å²) in [4.78, 5) is 12.1. The van der Waals surface area contributed by atoms with Crippen LogP contribution in [0.1, 0.15) is 22.3 Å². The van der Waals surface area contributed by atoms with E-state index in [1.807, 2.05) is 12.1 Å². The number of rotatable bonds is 5. The number of halogens is 1. The third-order valence-electron chi connectivity index (χ3n) is 3.84. The van der Waals surface area contributed by atoms with E-state index < -0.39 is 0 Å². The fourth-order valence-electron chi connectivity index (χ4n) is 2.47. The molecule has 2 N–H and O–H groups in total. The molecule has 0 radical (unpaired) electrons. The Kier molecular flexibility index (Phi) is 5.00. The molecule has 2 aromatic rings. The van der Waals surface area contributed by atoms with E-state index in [0.717, 1.165) is 31.7 Å². The van der Waals surface area contributed by atoms with Crippen LogP contribution >= 0.6 is 0 Å².